The zero-order chi connectivity index (χ0) is 10.1. The van der Waals surface area contributed by atoms with Crippen LogP contribution in [0.3, 0.4) is 0 Å². The quantitative estimate of drug-likeness (QED) is 0.508. The molecule has 0 aliphatic carbocycles. The van der Waals surface area contributed by atoms with Crippen molar-refractivity contribution in [3.05, 3.63) is 24.4 Å². The third-order valence-corrected chi connectivity index (χ3v) is 1.15. The lowest BCUT2D eigenvalue weighted by Gasteiger charge is -1.93. The Morgan fingerprint density at radius 3 is 2.54 bits per heavy atom. The molecular weight excluding hydrogens is 170 g/mol. The lowest BCUT2D eigenvalue weighted by Crippen LogP contribution is -2.29. The maximum atomic E-state index is 10.9. The van der Waals surface area contributed by atoms with Crippen LogP contribution in [0.2, 0.25) is 0 Å². The third kappa shape index (κ3) is 8.12. The Bertz CT molecular complexity index is 234. The van der Waals surface area contributed by atoms with Crippen LogP contribution >= 0.6 is 0 Å². The smallest absolute Gasteiger partial charge is 0.312 e. The molecule has 2 amide bonds. The fourth-order valence-corrected chi connectivity index (χ4v) is 0.602. The van der Waals surface area contributed by atoms with Crippen molar-refractivity contribution in [2.24, 2.45) is 11.5 Å². The molecule has 0 spiro atoms. The number of nitrogens with one attached hydrogen (secondary N) is 1. The van der Waals surface area contributed by atoms with Crippen molar-refractivity contribution in [3.63, 3.8) is 0 Å². The molecule has 0 aliphatic heterocycles. The second-order valence-corrected chi connectivity index (χ2v) is 2.25. The fourth-order valence-electron chi connectivity index (χ4n) is 0.602. The van der Waals surface area contributed by atoms with Crippen molar-refractivity contribution in [1.29, 1.82) is 0 Å². The number of allylic oxidation sites excluding steroid dienone is 2. The molecule has 0 saturated carbocycles. The summed E-state index contributed by atoms with van der Waals surface area (Å²) in [5, 5.41) is 2.31. The largest absolute Gasteiger partial charge is 0.405 e. The highest BCUT2D eigenvalue weighted by Crippen LogP contribution is 1.86. The number of carbonyl (C=O) groups excluding carboxylic acids is 2. The van der Waals surface area contributed by atoms with Gasteiger partial charge >= 0.3 is 6.03 Å². The zero-order valence-electron chi connectivity index (χ0n) is 7.19. The first-order valence-corrected chi connectivity index (χ1v) is 3.76. The van der Waals surface area contributed by atoms with E-state index in [0.29, 0.717) is 0 Å². The van der Waals surface area contributed by atoms with E-state index in [-0.39, 0.29) is 18.7 Å². The van der Waals surface area contributed by atoms with Crippen molar-refractivity contribution < 1.29 is 9.59 Å². The van der Waals surface area contributed by atoms with Gasteiger partial charge in [0.25, 0.3) is 0 Å². The van der Waals surface area contributed by atoms with Gasteiger partial charge in [0.15, 0.2) is 5.78 Å². The molecule has 0 aliphatic rings. The number of hydrogen-bond acceptors (Lipinski definition) is 3. The van der Waals surface area contributed by atoms with Crippen molar-refractivity contribution in [2.75, 3.05) is 6.54 Å². The summed E-state index contributed by atoms with van der Waals surface area (Å²) >= 11 is 0. The van der Waals surface area contributed by atoms with E-state index in [0.717, 1.165) is 0 Å². The first kappa shape index (κ1) is 11.2. The molecule has 5 nitrogen and oxygen atoms in total. The molecule has 0 unspecified atom stereocenters. The first-order chi connectivity index (χ1) is 6.16. The number of ketones is 1. The summed E-state index contributed by atoms with van der Waals surface area (Å²) < 4.78 is 0. The van der Waals surface area contributed by atoms with Gasteiger partial charge in [-0.1, -0.05) is 12.2 Å². The maximum absolute atomic E-state index is 10.9. The normalized spacial score (nSPS) is 10.8. The van der Waals surface area contributed by atoms with Crippen LogP contribution in [0, 0.1) is 0 Å². The van der Waals surface area contributed by atoms with Gasteiger partial charge in [-0.25, -0.2) is 4.79 Å². The number of primary amides is 1. The lowest BCUT2D eigenvalue weighted by atomic mass is 10.2. The van der Waals surface area contributed by atoms with Gasteiger partial charge in [0.2, 0.25) is 0 Å². The molecule has 0 aromatic rings. The number of rotatable bonds is 5. The Morgan fingerprint density at radius 2 is 2.00 bits per heavy atom. The summed E-state index contributed by atoms with van der Waals surface area (Å²) in [7, 11) is 0. The molecule has 0 aromatic carbocycles. The maximum Gasteiger partial charge on any atom is 0.312 e. The van der Waals surface area contributed by atoms with Crippen LogP contribution < -0.4 is 16.8 Å². The fraction of sp³-hybridized carbons (Fsp3) is 0.250. The van der Waals surface area contributed by atoms with Gasteiger partial charge in [-0.3, -0.25) is 4.79 Å². The number of carbonyl (C=O) groups is 2. The van der Waals surface area contributed by atoms with E-state index < -0.39 is 6.03 Å². The van der Waals surface area contributed by atoms with Crippen LogP contribution in [-0.4, -0.2) is 18.4 Å². The highest BCUT2D eigenvalue weighted by atomic mass is 16.2. The topological polar surface area (TPSA) is 98.2 Å². The van der Waals surface area contributed by atoms with Crippen LogP contribution in [0.15, 0.2) is 24.4 Å². The second-order valence-electron chi connectivity index (χ2n) is 2.25. The van der Waals surface area contributed by atoms with Gasteiger partial charge in [0.1, 0.15) is 0 Å². The molecule has 0 bridgehead atoms. The van der Waals surface area contributed by atoms with Crippen molar-refractivity contribution >= 4 is 11.8 Å². The number of nitrogens with two attached hydrogens (primary N) is 2. The molecule has 5 N–H and O–H groups in total. The van der Waals surface area contributed by atoms with Crippen LogP contribution in [0.4, 0.5) is 4.79 Å². The summed E-state index contributed by atoms with van der Waals surface area (Å²) in [6.45, 7) is 0.257. The predicted molar refractivity (Wildman–Crippen MR) is 49.7 cm³/mol. The van der Waals surface area contributed by atoms with Gasteiger partial charge in [-0.15, -0.1) is 0 Å². The summed E-state index contributed by atoms with van der Waals surface area (Å²) in [6.07, 6.45) is 6.03. The number of amides is 2. The minimum atomic E-state index is -0.612. The van der Waals surface area contributed by atoms with E-state index in [4.69, 9.17) is 11.5 Å². The Hall–Kier alpha value is -1.78. The van der Waals surface area contributed by atoms with Crippen LogP contribution in [0.25, 0.3) is 0 Å². The SMILES string of the molecule is NC=CCC(=O)C=CCNC(N)=O. The average molecular weight is 183 g/mol. The summed E-state index contributed by atoms with van der Waals surface area (Å²) in [4.78, 5) is 21.1. The van der Waals surface area contributed by atoms with Gasteiger partial charge < -0.3 is 16.8 Å². The highest BCUT2D eigenvalue weighted by molar-refractivity contribution is 5.90. The van der Waals surface area contributed by atoms with Gasteiger partial charge in [0.05, 0.1) is 0 Å². The van der Waals surface area contributed by atoms with E-state index in [9.17, 15) is 9.59 Å². The molecule has 0 saturated heterocycles. The molecule has 0 heterocycles. The van der Waals surface area contributed by atoms with E-state index in [1.807, 2.05) is 0 Å². The van der Waals surface area contributed by atoms with Crippen LogP contribution in [0.5, 0.6) is 0 Å². The Labute approximate surface area is 76.5 Å². The Morgan fingerprint density at radius 1 is 1.31 bits per heavy atom. The van der Waals surface area contributed by atoms with Crippen LogP contribution in [0.1, 0.15) is 6.42 Å². The molecule has 0 atom stereocenters. The van der Waals surface area contributed by atoms with Crippen molar-refractivity contribution in [2.45, 2.75) is 6.42 Å². The molecular formula is C8H13N3O2. The van der Waals surface area contributed by atoms with Gasteiger partial charge in [-0.05, 0) is 12.3 Å². The molecule has 0 radical (unpaired) electrons. The Balaban J connectivity index is 3.59. The van der Waals surface area contributed by atoms with Crippen molar-refractivity contribution in [3.8, 4) is 0 Å². The summed E-state index contributed by atoms with van der Waals surface area (Å²) in [6, 6.07) is -0.612. The minimum Gasteiger partial charge on any atom is -0.405 e. The monoisotopic (exact) mass is 183 g/mol. The molecule has 5 heteroatoms. The molecule has 0 aromatic heterocycles. The lowest BCUT2D eigenvalue weighted by molar-refractivity contribution is -0.113. The molecule has 72 valence electrons. The second kappa shape index (κ2) is 6.90. The van der Waals surface area contributed by atoms with Gasteiger partial charge in [0, 0.05) is 13.0 Å². The third-order valence-electron chi connectivity index (χ3n) is 1.15. The standard InChI is InChI=1S/C8H13N3O2/c9-5-1-3-7(12)4-2-6-11-8(10)13/h1-2,4-5H,3,6,9H2,(H3,10,11,13). The van der Waals surface area contributed by atoms with E-state index in [1.165, 1.54) is 18.4 Å². The minimum absolute atomic E-state index is 0.0760. The highest BCUT2D eigenvalue weighted by Gasteiger charge is 1.91. The molecule has 0 rings (SSSR count). The average Bonchev–Trinajstić information content (AvgIpc) is 2.08. The van der Waals surface area contributed by atoms with E-state index >= 15 is 0 Å². The predicted octanol–water partition coefficient (Wildman–Crippen LogP) is -0.357. The van der Waals surface area contributed by atoms with Crippen molar-refractivity contribution in [1.82, 2.24) is 5.32 Å². The zero-order valence-corrected chi connectivity index (χ0v) is 7.19. The Kier molecular flexibility index (Phi) is 5.96. The number of urea groups is 1. The number of hydrogen-bond donors (Lipinski definition) is 3. The molecule has 0 fully saturated rings. The van der Waals surface area contributed by atoms with Crippen LogP contribution in [-0.2, 0) is 4.79 Å². The summed E-state index contributed by atoms with van der Waals surface area (Å²) in [5.74, 6) is -0.0760. The first-order valence-electron chi connectivity index (χ1n) is 3.76. The van der Waals surface area contributed by atoms with E-state index in [1.54, 1.807) is 6.08 Å². The molecule has 13 heavy (non-hydrogen) atoms. The summed E-state index contributed by atoms with van der Waals surface area (Å²) in [5.41, 5.74) is 9.83. The van der Waals surface area contributed by atoms with Gasteiger partial charge in [-0.2, -0.15) is 0 Å². The van der Waals surface area contributed by atoms with E-state index in [2.05, 4.69) is 5.32 Å².